The van der Waals surface area contributed by atoms with Crippen LogP contribution in [0.15, 0.2) is 23.0 Å². The van der Waals surface area contributed by atoms with Crippen LogP contribution in [0.25, 0.3) is 0 Å². The molecule has 0 N–H and O–H groups in total. The summed E-state index contributed by atoms with van der Waals surface area (Å²) in [6, 6.07) is 1.66. The number of carbonyl (C=O) groups excluding carboxylic acids is 3. The Morgan fingerprint density at radius 3 is 2.74 bits per heavy atom. The predicted molar refractivity (Wildman–Crippen MR) is 97.0 cm³/mol. The van der Waals surface area contributed by atoms with Gasteiger partial charge in [-0.05, 0) is 18.9 Å². The van der Waals surface area contributed by atoms with Crippen molar-refractivity contribution in [3.05, 3.63) is 24.2 Å². The van der Waals surface area contributed by atoms with Gasteiger partial charge >= 0.3 is 0 Å². The summed E-state index contributed by atoms with van der Waals surface area (Å²) in [6.45, 7) is 3.73. The van der Waals surface area contributed by atoms with Crippen molar-refractivity contribution in [1.29, 1.82) is 0 Å². The molecule has 2 fully saturated rings. The summed E-state index contributed by atoms with van der Waals surface area (Å²) in [4.78, 5) is 42.8. The first kappa shape index (κ1) is 19.4. The molecule has 0 spiro atoms. The first-order valence-electron chi connectivity index (χ1n) is 9.47. The van der Waals surface area contributed by atoms with Gasteiger partial charge in [-0.2, -0.15) is 0 Å². The SMILES string of the molecule is COCCN1C[C@@H](C(=O)N2CCCN(C(=O)c3ccoc3)CC2)CCC1=O. The fourth-order valence-corrected chi connectivity index (χ4v) is 3.70. The van der Waals surface area contributed by atoms with Crippen LogP contribution in [0, 0.1) is 5.92 Å². The second-order valence-electron chi connectivity index (χ2n) is 7.05. The van der Waals surface area contributed by atoms with Crippen molar-refractivity contribution in [1.82, 2.24) is 14.7 Å². The number of rotatable bonds is 5. The monoisotopic (exact) mass is 377 g/mol. The average molecular weight is 377 g/mol. The highest BCUT2D eigenvalue weighted by atomic mass is 16.5. The molecular formula is C19H27N3O5. The zero-order chi connectivity index (χ0) is 19.2. The van der Waals surface area contributed by atoms with Gasteiger partial charge in [-0.1, -0.05) is 0 Å². The van der Waals surface area contributed by atoms with E-state index in [1.807, 2.05) is 4.90 Å². The van der Waals surface area contributed by atoms with Crippen LogP contribution in [0.4, 0.5) is 0 Å². The molecule has 3 rings (SSSR count). The Kier molecular flexibility index (Phi) is 6.49. The van der Waals surface area contributed by atoms with Gasteiger partial charge in [-0.15, -0.1) is 0 Å². The van der Waals surface area contributed by atoms with Crippen molar-refractivity contribution in [2.24, 2.45) is 5.92 Å². The number of furan rings is 1. The van der Waals surface area contributed by atoms with Crippen LogP contribution >= 0.6 is 0 Å². The number of carbonyl (C=O) groups is 3. The molecule has 0 bridgehead atoms. The molecule has 3 amide bonds. The third kappa shape index (κ3) is 4.68. The fraction of sp³-hybridized carbons (Fsp3) is 0.632. The maximum absolute atomic E-state index is 13.0. The summed E-state index contributed by atoms with van der Waals surface area (Å²) < 4.78 is 10.0. The average Bonchev–Trinajstić information content (AvgIpc) is 3.11. The molecule has 2 saturated heterocycles. The molecule has 8 heteroatoms. The number of hydrogen-bond acceptors (Lipinski definition) is 5. The van der Waals surface area contributed by atoms with Crippen molar-refractivity contribution in [2.45, 2.75) is 19.3 Å². The summed E-state index contributed by atoms with van der Waals surface area (Å²) >= 11 is 0. The van der Waals surface area contributed by atoms with E-state index in [1.165, 1.54) is 12.5 Å². The lowest BCUT2D eigenvalue weighted by molar-refractivity contribution is -0.143. The number of methoxy groups -OCH3 is 1. The van der Waals surface area contributed by atoms with Crippen molar-refractivity contribution in [3.8, 4) is 0 Å². The summed E-state index contributed by atoms with van der Waals surface area (Å²) in [6.07, 6.45) is 4.67. The van der Waals surface area contributed by atoms with E-state index in [4.69, 9.17) is 9.15 Å². The molecule has 0 saturated carbocycles. The highest BCUT2D eigenvalue weighted by Gasteiger charge is 2.33. The molecule has 1 aromatic rings. The minimum absolute atomic E-state index is 0.0629. The lowest BCUT2D eigenvalue weighted by Gasteiger charge is -2.34. The Hall–Kier alpha value is -2.35. The van der Waals surface area contributed by atoms with Gasteiger partial charge < -0.3 is 23.9 Å². The van der Waals surface area contributed by atoms with Gasteiger partial charge in [-0.25, -0.2) is 0 Å². The predicted octanol–water partition coefficient (Wildman–Crippen LogP) is 0.839. The number of likely N-dealkylation sites (tertiary alicyclic amines) is 1. The van der Waals surface area contributed by atoms with Crippen LogP contribution in [0.5, 0.6) is 0 Å². The third-order valence-corrected chi connectivity index (χ3v) is 5.28. The Balaban J connectivity index is 1.56. The van der Waals surface area contributed by atoms with E-state index in [0.29, 0.717) is 64.3 Å². The van der Waals surface area contributed by atoms with Crippen LogP contribution in [0.3, 0.4) is 0 Å². The minimum Gasteiger partial charge on any atom is -0.472 e. The van der Waals surface area contributed by atoms with Crippen LogP contribution in [0.2, 0.25) is 0 Å². The molecule has 0 radical (unpaired) electrons. The first-order chi connectivity index (χ1) is 13.1. The van der Waals surface area contributed by atoms with E-state index in [-0.39, 0.29) is 23.6 Å². The van der Waals surface area contributed by atoms with Gasteiger partial charge in [-0.3, -0.25) is 14.4 Å². The number of amides is 3. The lowest BCUT2D eigenvalue weighted by Crippen LogP contribution is -2.48. The first-order valence-corrected chi connectivity index (χ1v) is 9.47. The zero-order valence-corrected chi connectivity index (χ0v) is 15.8. The minimum atomic E-state index is -0.171. The van der Waals surface area contributed by atoms with Crippen molar-refractivity contribution in [3.63, 3.8) is 0 Å². The molecule has 2 aliphatic rings. The Labute approximate surface area is 159 Å². The molecule has 0 unspecified atom stereocenters. The van der Waals surface area contributed by atoms with Gasteiger partial charge in [0.15, 0.2) is 0 Å². The number of ether oxygens (including phenoxy) is 1. The number of piperidine rings is 1. The quantitative estimate of drug-likeness (QED) is 0.759. The zero-order valence-electron chi connectivity index (χ0n) is 15.8. The normalized spacial score (nSPS) is 21.3. The molecule has 3 heterocycles. The Morgan fingerprint density at radius 2 is 2.00 bits per heavy atom. The maximum atomic E-state index is 13.0. The summed E-state index contributed by atoms with van der Waals surface area (Å²) in [5, 5.41) is 0. The van der Waals surface area contributed by atoms with E-state index in [2.05, 4.69) is 0 Å². The molecule has 2 aliphatic heterocycles. The summed E-state index contributed by atoms with van der Waals surface area (Å²) in [5.41, 5.74) is 0.536. The number of nitrogens with zero attached hydrogens (tertiary/aromatic N) is 3. The molecule has 148 valence electrons. The molecule has 0 aliphatic carbocycles. The van der Waals surface area contributed by atoms with Crippen LogP contribution in [-0.4, -0.2) is 85.4 Å². The highest BCUT2D eigenvalue weighted by Crippen LogP contribution is 2.21. The summed E-state index contributed by atoms with van der Waals surface area (Å²) in [7, 11) is 1.60. The van der Waals surface area contributed by atoms with Gasteiger partial charge in [0.1, 0.15) is 6.26 Å². The Morgan fingerprint density at radius 1 is 1.22 bits per heavy atom. The topological polar surface area (TPSA) is 83.3 Å². The fourth-order valence-electron chi connectivity index (χ4n) is 3.70. The van der Waals surface area contributed by atoms with E-state index in [0.717, 1.165) is 6.42 Å². The van der Waals surface area contributed by atoms with Crippen LogP contribution < -0.4 is 0 Å². The van der Waals surface area contributed by atoms with Crippen molar-refractivity contribution in [2.75, 3.05) is 53.0 Å². The molecule has 0 aromatic carbocycles. The van der Waals surface area contributed by atoms with E-state index >= 15 is 0 Å². The van der Waals surface area contributed by atoms with E-state index in [1.54, 1.807) is 23.0 Å². The van der Waals surface area contributed by atoms with Gasteiger partial charge in [0.25, 0.3) is 5.91 Å². The third-order valence-electron chi connectivity index (χ3n) is 5.28. The van der Waals surface area contributed by atoms with Crippen LogP contribution in [0.1, 0.15) is 29.6 Å². The number of hydrogen-bond donors (Lipinski definition) is 0. The molecular weight excluding hydrogens is 350 g/mol. The molecule has 1 aromatic heterocycles. The van der Waals surface area contributed by atoms with Crippen LogP contribution in [-0.2, 0) is 14.3 Å². The summed E-state index contributed by atoms with van der Waals surface area (Å²) in [5.74, 6) is -0.0610. The van der Waals surface area contributed by atoms with Gasteiger partial charge in [0.2, 0.25) is 11.8 Å². The second kappa shape index (κ2) is 9.03. The molecule has 8 nitrogen and oxygen atoms in total. The van der Waals surface area contributed by atoms with Gasteiger partial charge in [0.05, 0.1) is 24.4 Å². The molecule has 1 atom stereocenters. The lowest BCUT2D eigenvalue weighted by atomic mass is 9.96. The highest BCUT2D eigenvalue weighted by molar-refractivity contribution is 5.94. The van der Waals surface area contributed by atoms with Crippen molar-refractivity contribution >= 4 is 17.7 Å². The smallest absolute Gasteiger partial charge is 0.257 e. The van der Waals surface area contributed by atoms with E-state index < -0.39 is 0 Å². The van der Waals surface area contributed by atoms with Gasteiger partial charge in [0, 0.05) is 52.8 Å². The Bertz CT molecular complexity index is 660. The van der Waals surface area contributed by atoms with Crippen molar-refractivity contribution < 1.29 is 23.5 Å². The maximum Gasteiger partial charge on any atom is 0.257 e. The standard InChI is InChI=1S/C19H27N3O5/c1-26-12-10-22-13-15(3-4-17(22)23)18(24)20-6-2-7-21(9-8-20)19(25)16-5-11-27-14-16/h5,11,14-15H,2-4,6-10,12-13H2,1H3/t15-/m0/s1. The van der Waals surface area contributed by atoms with E-state index in [9.17, 15) is 14.4 Å². The molecule has 27 heavy (non-hydrogen) atoms. The largest absolute Gasteiger partial charge is 0.472 e. The second-order valence-corrected chi connectivity index (χ2v) is 7.05.